The van der Waals surface area contributed by atoms with E-state index >= 15 is 0 Å². The Hall–Kier alpha value is -0.940. The van der Waals surface area contributed by atoms with Crippen molar-refractivity contribution in [3.63, 3.8) is 0 Å². The number of hydrogen-bond acceptors (Lipinski definition) is 4. The highest BCUT2D eigenvalue weighted by Gasteiger charge is 2.34. The molecule has 2 fully saturated rings. The Labute approximate surface area is 88.0 Å². The van der Waals surface area contributed by atoms with Crippen molar-refractivity contribution in [1.82, 2.24) is 4.90 Å². The fraction of sp³-hybridized carbons (Fsp3) is 0.800. The third-order valence-electron chi connectivity index (χ3n) is 3.02. The largest absolute Gasteiger partial charge is 0.393 e. The molecule has 1 heterocycles. The Balaban J connectivity index is 2.01. The van der Waals surface area contributed by atoms with Crippen LogP contribution >= 0.6 is 0 Å². The summed E-state index contributed by atoms with van der Waals surface area (Å²) in [7, 11) is 0. The number of rotatable bonds is 1. The van der Waals surface area contributed by atoms with Crippen molar-refractivity contribution in [2.75, 3.05) is 13.2 Å². The quantitative estimate of drug-likeness (QED) is 0.606. The van der Waals surface area contributed by atoms with Crippen molar-refractivity contribution in [3.05, 3.63) is 0 Å². The molecule has 5 nitrogen and oxygen atoms in total. The van der Waals surface area contributed by atoms with Gasteiger partial charge < -0.3 is 9.84 Å². The minimum Gasteiger partial charge on any atom is -0.393 e. The highest BCUT2D eigenvalue weighted by Crippen LogP contribution is 2.24. The van der Waals surface area contributed by atoms with Crippen molar-refractivity contribution in [3.8, 4) is 0 Å². The monoisotopic (exact) mass is 213 g/mol. The molecule has 2 amide bonds. The lowest BCUT2D eigenvalue weighted by molar-refractivity contribution is -0.162. The highest BCUT2D eigenvalue weighted by atomic mass is 16.5. The molecule has 1 aliphatic carbocycles. The number of nitrogens with zero attached hydrogens (tertiary/aromatic N) is 1. The molecule has 0 aromatic rings. The molecule has 1 N–H and O–H groups in total. The molecule has 15 heavy (non-hydrogen) atoms. The van der Waals surface area contributed by atoms with Crippen LogP contribution in [-0.2, 0) is 14.3 Å². The maximum atomic E-state index is 11.5. The first-order valence-corrected chi connectivity index (χ1v) is 5.29. The first-order valence-electron chi connectivity index (χ1n) is 5.29. The van der Waals surface area contributed by atoms with Crippen LogP contribution in [0.2, 0.25) is 0 Å². The van der Waals surface area contributed by atoms with Crippen LogP contribution in [0.1, 0.15) is 25.7 Å². The van der Waals surface area contributed by atoms with E-state index in [1.165, 1.54) is 4.90 Å². The van der Waals surface area contributed by atoms with E-state index in [0.29, 0.717) is 25.7 Å². The molecular formula is C10H15NO4. The van der Waals surface area contributed by atoms with E-state index in [9.17, 15) is 14.7 Å². The third kappa shape index (κ3) is 2.18. The van der Waals surface area contributed by atoms with Gasteiger partial charge in [0.05, 0.1) is 6.10 Å². The minimum atomic E-state index is -0.271. The Morgan fingerprint density at radius 3 is 2.13 bits per heavy atom. The predicted molar refractivity (Wildman–Crippen MR) is 50.9 cm³/mol. The molecule has 1 saturated carbocycles. The molecule has 1 saturated heterocycles. The highest BCUT2D eigenvalue weighted by molar-refractivity contribution is 5.98. The normalized spacial score (nSPS) is 33.3. The van der Waals surface area contributed by atoms with Gasteiger partial charge in [-0.1, -0.05) is 0 Å². The number of aliphatic hydroxyl groups is 1. The molecule has 84 valence electrons. The number of amides is 2. The van der Waals surface area contributed by atoms with Gasteiger partial charge in [-0.15, -0.1) is 0 Å². The van der Waals surface area contributed by atoms with E-state index < -0.39 is 0 Å². The summed E-state index contributed by atoms with van der Waals surface area (Å²) in [5.41, 5.74) is 0. The smallest absolute Gasteiger partial charge is 0.255 e. The van der Waals surface area contributed by atoms with Gasteiger partial charge in [0.2, 0.25) is 0 Å². The van der Waals surface area contributed by atoms with Gasteiger partial charge in [0.15, 0.2) is 0 Å². The average Bonchev–Trinajstić information content (AvgIpc) is 2.20. The molecule has 1 aliphatic heterocycles. The first-order chi connectivity index (χ1) is 7.18. The van der Waals surface area contributed by atoms with Crippen LogP contribution in [-0.4, -0.2) is 47.2 Å². The van der Waals surface area contributed by atoms with E-state index in [2.05, 4.69) is 0 Å². The zero-order valence-electron chi connectivity index (χ0n) is 8.52. The molecule has 0 aromatic carbocycles. The maximum Gasteiger partial charge on any atom is 0.255 e. The van der Waals surface area contributed by atoms with Gasteiger partial charge in [-0.25, -0.2) is 0 Å². The maximum absolute atomic E-state index is 11.5. The molecular weight excluding hydrogens is 198 g/mol. The number of carbonyl (C=O) groups excluding carboxylic acids is 2. The van der Waals surface area contributed by atoms with Gasteiger partial charge in [-0.3, -0.25) is 14.5 Å². The van der Waals surface area contributed by atoms with Crippen molar-refractivity contribution in [1.29, 1.82) is 0 Å². The van der Waals surface area contributed by atoms with Crippen LogP contribution in [0.25, 0.3) is 0 Å². The fourth-order valence-electron chi connectivity index (χ4n) is 2.23. The number of imide groups is 1. The van der Waals surface area contributed by atoms with Crippen molar-refractivity contribution < 1.29 is 19.4 Å². The summed E-state index contributed by atoms with van der Waals surface area (Å²) in [4.78, 5) is 24.3. The van der Waals surface area contributed by atoms with E-state index in [1.807, 2.05) is 0 Å². The number of carbonyl (C=O) groups is 2. The number of morpholine rings is 1. The molecule has 0 atom stereocenters. The van der Waals surface area contributed by atoms with Gasteiger partial charge in [-0.05, 0) is 25.7 Å². The van der Waals surface area contributed by atoms with Crippen LogP contribution in [0.3, 0.4) is 0 Å². The molecule has 0 spiro atoms. The summed E-state index contributed by atoms with van der Waals surface area (Å²) in [6.07, 6.45) is 2.48. The second-order valence-corrected chi connectivity index (χ2v) is 4.11. The van der Waals surface area contributed by atoms with Crippen molar-refractivity contribution in [2.24, 2.45) is 0 Å². The van der Waals surface area contributed by atoms with Gasteiger partial charge in [0, 0.05) is 6.04 Å². The second kappa shape index (κ2) is 4.28. The average molecular weight is 213 g/mol. The Kier molecular flexibility index (Phi) is 3.02. The standard InChI is InChI=1S/C10H15NO4/c12-8-3-1-7(2-4-8)11-9(13)5-15-6-10(11)14/h7-8,12H,1-6H2. The minimum absolute atomic E-state index is 0.00476. The summed E-state index contributed by atoms with van der Waals surface area (Å²) < 4.78 is 4.85. The third-order valence-corrected chi connectivity index (χ3v) is 3.02. The van der Waals surface area contributed by atoms with E-state index in [4.69, 9.17) is 4.74 Å². The van der Waals surface area contributed by atoms with Crippen molar-refractivity contribution >= 4 is 11.8 Å². The lowest BCUT2D eigenvalue weighted by atomic mass is 9.91. The molecule has 0 radical (unpaired) electrons. The first kappa shape index (κ1) is 10.6. The van der Waals surface area contributed by atoms with Crippen LogP contribution < -0.4 is 0 Å². The SMILES string of the molecule is O=C1COCC(=O)N1C1CCC(O)CC1. The molecule has 0 bridgehead atoms. The predicted octanol–water partition coefficient (Wildman–Crippen LogP) is -0.325. The Morgan fingerprint density at radius 2 is 1.60 bits per heavy atom. The van der Waals surface area contributed by atoms with Gasteiger partial charge in [0.1, 0.15) is 13.2 Å². The second-order valence-electron chi connectivity index (χ2n) is 4.11. The van der Waals surface area contributed by atoms with E-state index in [1.54, 1.807) is 0 Å². The van der Waals surface area contributed by atoms with Gasteiger partial charge in [0.25, 0.3) is 11.8 Å². The zero-order valence-corrected chi connectivity index (χ0v) is 8.52. The van der Waals surface area contributed by atoms with E-state index in [-0.39, 0.29) is 37.2 Å². The molecule has 2 aliphatic rings. The molecule has 0 aromatic heterocycles. The zero-order chi connectivity index (χ0) is 10.8. The van der Waals surface area contributed by atoms with Crippen LogP contribution in [0.4, 0.5) is 0 Å². The topological polar surface area (TPSA) is 66.8 Å². The Morgan fingerprint density at radius 1 is 1.07 bits per heavy atom. The van der Waals surface area contributed by atoms with Gasteiger partial charge >= 0.3 is 0 Å². The Bertz CT molecular complexity index is 255. The van der Waals surface area contributed by atoms with Crippen LogP contribution in [0.15, 0.2) is 0 Å². The van der Waals surface area contributed by atoms with E-state index in [0.717, 1.165) is 0 Å². The molecule has 2 rings (SSSR count). The number of hydrogen-bond donors (Lipinski definition) is 1. The molecule has 0 unspecified atom stereocenters. The lowest BCUT2D eigenvalue weighted by Crippen LogP contribution is -2.52. The van der Waals surface area contributed by atoms with Crippen LogP contribution in [0, 0.1) is 0 Å². The lowest BCUT2D eigenvalue weighted by Gasteiger charge is -2.36. The van der Waals surface area contributed by atoms with Crippen LogP contribution in [0.5, 0.6) is 0 Å². The summed E-state index contributed by atoms with van der Waals surface area (Å²) in [5.74, 6) is -0.486. The summed E-state index contributed by atoms with van der Waals surface area (Å²) in [6.45, 7) is 0.00951. The number of aliphatic hydroxyl groups excluding tert-OH is 1. The summed E-state index contributed by atoms with van der Waals surface area (Å²) in [5, 5.41) is 9.34. The number of ether oxygens (including phenoxy) is 1. The summed E-state index contributed by atoms with van der Waals surface area (Å²) in [6, 6.07) is -0.0303. The summed E-state index contributed by atoms with van der Waals surface area (Å²) >= 11 is 0. The molecule has 5 heteroatoms. The van der Waals surface area contributed by atoms with Crippen molar-refractivity contribution in [2.45, 2.75) is 37.8 Å². The fourth-order valence-corrected chi connectivity index (χ4v) is 2.23. The van der Waals surface area contributed by atoms with Gasteiger partial charge in [-0.2, -0.15) is 0 Å².